The molecule has 8 nitrogen and oxygen atoms in total. The summed E-state index contributed by atoms with van der Waals surface area (Å²) in [6.07, 6.45) is 2.62. The highest BCUT2D eigenvalue weighted by Gasteiger charge is 2.73. The average Bonchev–Trinajstić information content (AvgIpc) is 3.53. The number of benzene rings is 1. The summed E-state index contributed by atoms with van der Waals surface area (Å²) in [4.78, 5) is 15.9. The van der Waals surface area contributed by atoms with Gasteiger partial charge in [0.05, 0.1) is 29.2 Å². The van der Waals surface area contributed by atoms with Crippen LogP contribution in [0.5, 0.6) is 11.5 Å². The minimum atomic E-state index is -1.34. The van der Waals surface area contributed by atoms with Crippen LogP contribution in [0.25, 0.3) is 0 Å². The van der Waals surface area contributed by atoms with Crippen LogP contribution >= 0.6 is 0 Å². The van der Waals surface area contributed by atoms with E-state index in [1.807, 2.05) is 26.8 Å². The number of aliphatic hydroxyl groups is 3. The summed E-state index contributed by atoms with van der Waals surface area (Å²) in [6, 6.07) is 2.79. The van der Waals surface area contributed by atoms with Gasteiger partial charge in [0.1, 0.15) is 5.76 Å². The maximum atomic E-state index is 13.5. The molecule has 5 atom stereocenters. The summed E-state index contributed by atoms with van der Waals surface area (Å²) in [7, 11) is 0. The third-order valence-corrected chi connectivity index (χ3v) is 9.32. The van der Waals surface area contributed by atoms with E-state index in [2.05, 4.69) is 10.2 Å². The molecule has 3 aliphatic carbocycles. The molecule has 0 unspecified atom stereocenters. The van der Waals surface area contributed by atoms with Crippen LogP contribution in [0.4, 0.5) is 0 Å². The van der Waals surface area contributed by atoms with Crippen LogP contribution in [-0.4, -0.2) is 74.7 Å². The predicted octanol–water partition coefficient (Wildman–Crippen LogP) is 1.90. The lowest BCUT2D eigenvalue weighted by molar-refractivity contribution is -0.172. The normalized spacial score (nSPS) is 34.3. The molecule has 2 heterocycles. The predicted molar refractivity (Wildman–Crippen MR) is 128 cm³/mol. The van der Waals surface area contributed by atoms with Gasteiger partial charge in [0.25, 0.3) is 5.91 Å². The number of hydrogen-bond acceptors (Lipinski definition) is 7. The highest BCUT2D eigenvalue weighted by atomic mass is 16.5. The summed E-state index contributed by atoms with van der Waals surface area (Å²) >= 11 is 0. The Morgan fingerprint density at radius 2 is 2.03 bits per heavy atom. The van der Waals surface area contributed by atoms with Gasteiger partial charge in [-0.25, -0.2) is 0 Å². The number of phenolic OH excluding ortho intramolecular Hbond substituents is 1. The first-order valence-electron chi connectivity index (χ1n) is 12.8. The Kier molecular flexibility index (Phi) is 4.87. The van der Waals surface area contributed by atoms with Crippen molar-refractivity contribution in [2.75, 3.05) is 19.7 Å². The molecule has 2 bridgehead atoms. The number of hydrogen-bond donors (Lipinski definition) is 5. The summed E-state index contributed by atoms with van der Waals surface area (Å²) < 4.78 is 6.23. The zero-order valence-electron chi connectivity index (χ0n) is 20.7. The topological polar surface area (TPSA) is 122 Å². The second-order valence-corrected chi connectivity index (χ2v) is 12.4. The second-order valence-electron chi connectivity index (χ2n) is 12.4. The van der Waals surface area contributed by atoms with E-state index < -0.39 is 34.5 Å². The number of aromatic hydroxyl groups is 1. The molecule has 2 aliphatic heterocycles. The number of likely N-dealkylation sites (tertiary alicyclic amines) is 1. The van der Waals surface area contributed by atoms with Crippen molar-refractivity contribution in [3.05, 3.63) is 34.6 Å². The Bertz CT molecular complexity index is 1120. The van der Waals surface area contributed by atoms with Gasteiger partial charge in [-0.2, -0.15) is 0 Å². The van der Waals surface area contributed by atoms with Crippen LogP contribution in [0.3, 0.4) is 0 Å². The van der Waals surface area contributed by atoms with Crippen LogP contribution in [0.1, 0.15) is 57.6 Å². The zero-order chi connectivity index (χ0) is 24.9. The lowest BCUT2D eigenvalue weighted by Crippen LogP contribution is -2.76. The van der Waals surface area contributed by atoms with Crippen molar-refractivity contribution in [3.8, 4) is 11.5 Å². The van der Waals surface area contributed by atoms with Gasteiger partial charge < -0.3 is 30.5 Å². The molecule has 190 valence electrons. The molecule has 8 heteroatoms. The molecule has 1 aromatic carbocycles. The molecule has 6 rings (SSSR count). The van der Waals surface area contributed by atoms with Crippen LogP contribution in [0, 0.1) is 11.3 Å². The van der Waals surface area contributed by atoms with Crippen molar-refractivity contribution in [2.45, 2.75) is 82.1 Å². The Morgan fingerprint density at radius 1 is 1.29 bits per heavy atom. The van der Waals surface area contributed by atoms with Gasteiger partial charge >= 0.3 is 0 Å². The highest BCUT2D eigenvalue weighted by molar-refractivity contribution is 5.95. The van der Waals surface area contributed by atoms with Crippen molar-refractivity contribution >= 4 is 5.91 Å². The largest absolute Gasteiger partial charge is 0.508 e. The quantitative estimate of drug-likeness (QED) is 0.433. The Hall–Kier alpha value is -2.29. The van der Waals surface area contributed by atoms with Gasteiger partial charge in [0, 0.05) is 24.6 Å². The van der Waals surface area contributed by atoms with Crippen LogP contribution < -0.4 is 10.1 Å². The number of nitrogens with one attached hydrogen (secondary N) is 1. The van der Waals surface area contributed by atoms with E-state index in [-0.39, 0.29) is 36.2 Å². The van der Waals surface area contributed by atoms with E-state index in [1.165, 1.54) is 12.8 Å². The van der Waals surface area contributed by atoms with E-state index in [4.69, 9.17) is 4.74 Å². The number of phenols is 1. The molecule has 2 fully saturated rings. The molecule has 1 aromatic rings. The van der Waals surface area contributed by atoms with E-state index in [0.29, 0.717) is 24.5 Å². The number of ether oxygens (including phenoxy) is 1. The van der Waals surface area contributed by atoms with Crippen LogP contribution in [0.2, 0.25) is 0 Å². The number of rotatable bonds is 5. The third-order valence-electron chi connectivity index (χ3n) is 9.32. The van der Waals surface area contributed by atoms with Crippen molar-refractivity contribution in [1.82, 2.24) is 10.2 Å². The van der Waals surface area contributed by atoms with Crippen molar-refractivity contribution in [3.63, 3.8) is 0 Å². The average molecular weight is 485 g/mol. The third kappa shape index (κ3) is 3.06. The van der Waals surface area contributed by atoms with Gasteiger partial charge in [-0.1, -0.05) is 26.8 Å². The Balaban J connectivity index is 1.47. The lowest BCUT2D eigenvalue weighted by atomic mass is 9.49. The Morgan fingerprint density at radius 3 is 2.69 bits per heavy atom. The van der Waals surface area contributed by atoms with Gasteiger partial charge in [0.2, 0.25) is 0 Å². The van der Waals surface area contributed by atoms with E-state index >= 15 is 0 Å². The van der Waals surface area contributed by atoms with Gasteiger partial charge in [0.15, 0.2) is 17.6 Å². The fraction of sp³-hybridized carbons (Fsp3) is 0.667. The van der Waals surface area contributed by atoms with E-state index in [1.54, 1.807) is 6.07 Å². The fourth-order valence-electron chi connectivity index (χ4n) is 7.15. The molecular weight excluding hydrogens is 448 g/mol. The number of aliphatic hydroxyl groups excluding tert-OH is 2. The van der Waals surface area contributed by atoms with Gasteiger partial charge in [-0.05, 0) is 55.2 Å². The first kappa shape index (κ1) is 23.1. The minimum absolute atomic E-state index is 0.00676. The number of carbonyl (C=O) groups excluding carboxylic acids is 1. The fourth-order valence-corrected chi connectivity index (χ4v) is 7.15. The standard InChI is InChI=1S/C27H36N2O6/c1-25(2,3)18(13-30)28-24(33)16-11-27(34)19-10-15-6-7-17(31)22-20(15)26(27,23(35-22)21(16)32)8-9-29(19)12-14-4-5-14/h6-7,14,18-19,23,30-32,34H,4-5,8-13H2,1-3H3,(H,28,33)/t18-,19-,23+,26+,27-/m1/s1. The minimum Gasteiger partial charge on any atom is -0.508 e. The molecule has 1 saturated heterocycles. The van der Waals surface area contributed by atoms with Crippen molar-refractivity contribution in [1.29, 1.82) is 0 Å². The zero-order valence-corrected chi connectivity index (χ0v) is 20.7. The SMILES string of the molecule is CC(C)(C)[C@@H](CO)NC(=O)C1=C(O)[C@@H]2Oc3c(O)ccc4c3[C@@]23CCN(CC2CC2)[C@H](C4)[C@]3(O)C1. The molecular formula is C27H36N2O6. The highest BCUT2D eigenvalue weighted by Crippen LogP contribution is 2.66. The molecule has 0 radical (unpaired) electrons. The number of nitrogens with zero attached hydrogens (tertiary/aromatic N) is 1. The Labute approximate surface area is 205 Å². The molecule has 1 amide bonds. The molecule has 5 aliphatic rings. The summed E-state index contributed by atoms with van der Waals surface area (Å²) in [5.74, 6) is 0.265. The number of amides is 1. The summed E-state index contributed by atoms with van der Waals surface area (Å²) in [5, 5.41) is 47.5. The maximum absolute atomic E-state index is 13.5. The maximum Gasteiger partial charge on any atom is 0.251 e. The van der Waals surface area contributed by atoms with Gasteiger partial charge in [-0.3, -0.25) is 9.69 Å². The molecule has 1 spiro atoms. The molecule has 5 N–H and O–H groups in total. The van der Waals surface area contributed by atoms with Crippen LogP contribution in [-0.2, 0) is 16.6 Å². The van der Waals surface area contributed by atoms with Crippen molar-refractivity contribution in [2.24, 2.45) is 11.3 Å². The molecule has 35 heavy (non-hydrogen) atoms. The van der Waals surface area contributed by atoms with E-state index in [9.17, 15) is 25.2 Å². The first-order chi connectivity index (χ1) is 16.5. The smallest absolute Gasteiger partial charge is 0.251 e. The first-order valence-corrected chi connectivity index (χ1v) is 12.8. The van der Waals surface area contributed by atoms with E-state index in [0.717, 1.165) is 24.2 Å². The molecule has 1 saturated carbocycles. The summed E-state index contributed by atoms with van der Waals surface area (Å²) in [5.41, 5.74) is -0.730. The van der Waals surface area contributed by atoms with Gasteiger partial charge in [-0.15, -0.1) is 0 Å². The lowest BCUT2D eigenvalue weighted by Gasteiger charge is -2.62. The number of carbonyl (C=O) groups is 1. The van der Waals surface area contributed by atoms with Crippen molar-refractivity contribution < 1.29 is 30.0 Å². The van der Waals surface area contributed by atoms with Crippen LogP contribution in [0.15, 0.2) is 23.5 Å². The second kappa shape index (κ2) is 7.37. The molecule has 0 aromatic heterocycles. The summed E-state index contributed by atoms with van der Waals surface area (Å²) in [6.45, 7) is 7.22. The number of piperidine rings is 1. The monoisotopic (exact) mass is 484 g/mol.